The van der Waals surface area contributed by atoms with Crippen LogP contribution in [0.4, 0.5) is 8.78 Å². The Hall–Kier alpha value is -2.35. The van der Waals surface area contributed by atoms with Crippen LogP contribution in [0.3, 0.4) is 0 Å². The molecular formula is C19H20F2N2O3S. The van der Waals surface area contributed by atoms with E-state index < -0.39 is 17.6 Å². The molecule has 1 saturated heterocycles. The third-order valence-electron chi connectivity index (χ3n) is 4.48. The molecule has 1 aromatic carbocycles. The topological polar surface area (TPSA) is 59.5 Å². The van der Waals surface area contributed by atoms with Gasteiger partial charge < -0.3 is 9.64 Å². The fraction of sp³-hybridized carbons (Fsp3) is 0.421. The van der Waals surface area contributed by atoms with Crippen LogP contribution in [-0.2, 0) is 20.9 Å². The van der Waals surface area contributed by atoms with Crippen LogP contribution >= 0.6 is 11.3 Å². The molecule has 1 aromatic heterocycles. The zero-order valence-corrected chi connectivity index (χ0v) is 15.7. The predicted octanol–water partition coefficient (Wildman–Crippen LogP) is 3.92. The summed E-state index contributed by atoms with van der Waals surface area (Å²) >= 11 is 1.16. The Labute approximate surface area is 160 Å². The fourth-order valence-electron chi connectivity index (χ4n) is 3.08. The van der Waals surface area contributed by atoms with Crippen molar-refractivity contribution in [1.29, 1.82) is 0 Å². The normalized spacial score (nSPS) is 15.7. The van der Waals surface area contributed by atoms with Gasteiger partial charge in [0.05, 0.1) is 17.7 Å². The molecule has 1 aliphatic rings. The second-order valence-electron chi connectivity index (χ2n) is 6.48. The lowest BCUT2D eigenvalue weighted by Crippen LogP contribution is -2.42. The van der Waals surface area contributed by atoms with Crippen molar-refractivity contribution in [3.05, 3.63) is 40.2 Å². The third-order valence-corrected chi connectivity index (χ3v) is 5.30. The number of likely N-dealkylation sites (tertiary alicyclic amines) is 1. The van der Waals surface area contributed by atoms with Gasteiger partial charge in [-0.25, -0.2) is 13.8 Å². The van der Waals surface area contributed by atoms with Crippen molar-refractivity contribution in [2.45, 2.75) is 45.3 Å². The van der Waals surface area contributed by atoms with Crippen molar-refractivity contribution in [3.63, 3.8) is 0 Å². The fourth-order valence-corrected chi connectivity index (χ4v) is 3.78. The summed E-state index contributed by atoms with van der Waals surface area (Å²) in [7, 11) is 0. The van der Waals surface area contributed by atoms with Crippen LogP contribution in [0.15, 0.2) is 23.6 Å². The number of piperidine rings is 1. The first-order chi connectivity index (χ1) is 13.0. The van der Waals surface area contributed by atoms with Gasteiger partial charge in [-0.15, -0.1) is 11.3 Å². The summed E-state index contributed by atoms with van der Waals surface area (Å²) in [6.45, 7) is 2.42. The Balaban J connectivity index is 1.55. The Kier molecular flexibility index (Phi) is 6.15. The van der Waals surface area contributed by atoms with Gasteiger partial charge in [-0.2, -0.15) is 0 Å². The molecule has 1 amide bonds. The number of carbonyl (C=O) groups excluding carboxylic acids is 2. The molecule has 0 aliphatic carbocycles. The average Bonchev–Trinajstić information content (AvgIpc) is 3.08. The van der Waals surface area contributed by atoms with E-state index in [1.165, 1.54) is 23.6 Å². The SMILES string of the molecule is CC(CC(=O)OCc1nc(-c2c(F)cccc2F)cs1)N1CCCCC1=O. The number of nitrogens with zero attached hydrogens (tertiary/aromatic N) is 2. The number of esters is 1. The molecule has 0 N–H and O–H groups in total. The Bertz CT molecular complexity index is 820. The molecule has 2 aromatic rings. The molecule has 5 nitrogen and oxygen atoms in total. The monoisotopic (exact) mass is 394 g/mol. The summed E-state index contributed by atoms with van der Waals surface area (Å²) in [5.74, 6) is -1.75. The highest BCUT2D eigenvalue weighted by Gasteiger charge is 2.25. The number of amides is 1. The highest BCUT2D eigenvalue weighted by atomic mass is 32.1. The lowest BCUT2D eigenvalue weighted by atomic mass is 10.1. The molecule has 0 radical (unpaired) electrons. The lowest BCUT2D eigenvalue weighted by Gasteiger charge is -2.32. The van der Waals surface area contributed by atoms with Crippen LogP contribution in [0.5, 0.6) is 0 Å². The van der Waals surface area contributed by atoms with Crippen molar-refractivity contribution in [2.24, 2.45) is 0 Å². The van der Waals surface area contributed by atoms with E-state index in [0.29, 0.717) is 18.0 Å². The van der Waals surface area contributed by atoms with Crippen LogP contribution in [0.1, 0.15) is 37.6 Å². The minimum absolute atomic E-state index is 0.0676. The van der Waals surface area contributed by atoms with E-state index in [9.17, 15) is 18.4 Å². The first kappa shape index (κ1) is 19.4. The second-order valence-corrected chi connectivity index (χ2v) is 7.42. The molecule has 8 heteroatoms. The van der Waals surface area contributed by atoms with Gasteiger partial charge in [0.25, 0.3) is 0 Å². The summed E-state index contributed by atoms with van der Waals surface area (Å²) in [6, 6.07) is 3.41. The number of aromatic nitrogens is 1. The first-order valence-corrected chi connectivity index (χ1v) is 9.67. The molecule has 1 aliphatic heterocycles. The van der Waals surface area contributed by atoms with Gasteiger partial charge in [0.2, 0.25) is 5.91 Å². The molecule has 144 valence electrons. The highest BCUT2D eigenvalue weighted by molar-refractivity contribution is 7.09. The van der Waals surface area contributed by atoms with Crippen molar-refractivity contribution >= 4 is 23.2 Å². The Morgan fingerprint density at radius 3 is 2.78 bits per heavy atom. The number of hydrogen-bond acceptors (Lipinski definition) is 5. The number of rotatable bonds is 6. The quantitative estimate of drug-likeness (QED) is 0.697. The molecule has 1 atom stereocenters. The maximum absolute atomic E-state index is 13.8. The van der Waals surface area contributed by atoms with E-state index in [1.807, 2.05) is 6.92 Å². The largest absolute Gasteiger partial charge is 0.458 e. The van der Waals surface area contributed by atoms with Gasteiger partial charge in [0.1, 0.15) is 23.2 Å². The lowest BCUT2D eigenvalue weighted by molar-refractivity contribution is -0.147. The first-order valence-electron chi connectivity index (χ1n) is 8.79. The standard InChI is InChI=1S/C19H20F2N2O3S/c1-12(23-8-3-2-7-17(23)24)9-18(25)26-10-16-22-15(11-27-16)19-13(20)5-4-6-14(19)21/h4-6,11-12H,2-3,7-10H2,1H3. The third kappa shape index (κ3) is 4.68. The maximum Gasteiger partial charge on any atom is 0.308 e. The van der Waals surface area contributed by atoms with Gasteiger partial charge in [0.15, 0.2) is 0 Å². The summed E-state index contributed by atoms with van der Waals surface area (Å²) in [5.41, 5.74) is -0.0162. The number of benzene rings is 1. The van der Waals surface area contributed by atoms with Crippen molar-refractivity contribution in [2.75, 3.05) is 6.54 Å². The van der Waals surface area contributed by atoms with Crippen LogP contribution < -0.4 is 0 Å². The number of ether oxygens (including phenoxy) is 1. The average molecular weight is 394 g/mol. The molecular weight excluding hydrogens is 374 g/mol. The zero-order valence-electron chi connectivity index (χ0n) is 14.9. The summed E-state index contributed by atoms with van der Waals surface area (Å²) in [4.78, 5) is 29.8. The molecule has 1 fully saturated rings. The smallest absolute Gasteiger partial charge is 0.308 e. The Morgan fingerprint density at radius 2 is 2.07 bits per heavy atom. The molecule has 0 saturated carbocycles. The molecule has 2 heterocycles. The summed E-state index contributed by atoms with van der Waals surface area (Å²) in [6.07, 6.45) is 2.46. The van der Waals surface area contributed by atoms with Gasteiger partial charge >= 0.3 is 5.97 Å². The minimum atomic E-state index is -0.691. The van der Waals surface area contributed by atoms with Crippen molar-refractivity contribution < 1.29 is 23.1 Å². The van der Waals surface area contributed by atoms with E-state index in [-0.39, 0.29) is 36.2 Å². The van der Waals surface area contributed by atoms with E-state index in [4.69, 9.17) is 4.74 Å². The van der Waals surface area contributed by atoms with Crippen LogP contribution in [-0.4, -0.2) is 34.3 Å². The highest BCUT2D eigenvalue weighted by Crippen LogP contribution is 2.27. The van der Waals surface area contributed by atoms with E-state index in [2.05, 4.69) is 4.98 Å². The molecule has 1 unspecified atom stereocenters. The molecule has 3 rings (SSSR count). The van der Waals surface area contributed by atoms with Gasteiger partial charge in [0, 0.05) is 24.4 Å². The van der Waals surface area contributed by atoms with Crippen LogP contribution in [0, 0.1) is 11.6 Å². The predicted molar refractivity (Wildman–Crippen MR) is 96.9 cm³/mol. The van der Waals surface area contributed by atoms with Gasteiger partial charge in [-0.1, -0.05) is 6.07 Å². The van der Waals surface area contributed by atoms with Crippen LogP contribution in [0.25, 0.3) is 11.3 Å². The van der Waals surface area contributed by atoms with Gasteiger partial charge in [-0.3, -0.25) is 9.59 Å². The molecule has 27 heavy (non-hydrogen) atoms. The number of carbonyl (C=O) groups is 2. The zero-order chi connectivity index (χ0) is 19.4. The van der Waals surface area contributed by atoms with Crippen molar-refractivity contribution in [3.8, 4) is 11.3 Å². The Morgan fingerprint density at radius 1 is 1.33 bits per heavy atom. The van der Waals surface area contributed by atoms with Crippen LogP contribution in [0.2, 0.25) is 0 Å². The van der Waals surface area contributed by atoms with Gasteiger partial charge in [-0.05, 0) is 31.9 Å². The maximum atomic E-state index is 13.8. The van der Waals surface area contributed by atoms with E-state index >= 15 is 0 Å². The summed E-state index contributed by atoms with van der Waals surface area (Å²) in [5, 5.41) is 1.97. The van der Waals surface area contributed by atoms with E-state index in [1.54, 1.807) is 4.90 Å². The molecule has 0 bridgehead atoms. The number of thiazole rings is 1. The van der Waals surface area contributed by atoms with Crippen molar-refractivity contribution in [1.82, 2.24) is 9.88 Å². The number of halogens is 2. The minimum Gasteiger partial charge on any atom is -0.458 e. The summed E-state index contributed by atoms with van der Waals surface area (Å²) < 4.78 is 32.9. The number of hydrogen-bond donors (Lipinski definition) is 0. The second kappa shape index (κ2) is 8.56. The molecule has 0 spiro atoms. The van der Waals surface area contributed by atoms with E-state index in [0.717, 1.165) is 24.2 Å².